The molecule has 0 aliphatic carbocycles. The van der Waals surface area contributed by atoms with Gasteiger partial charge in [-0.3, -0.25) is 10.1 Å². The molecule has 0 aliphatic rings. The van der Waals surface area contributed by atoms with Crippen LogP contribution in [0.1, 0.15) is 0 Å². The summed E-state index contributed by atoms with van der Waals surface area (Å²) in [4.78, 5) is 10.4. The zero-order chi connectivity index (χ0) is 10.1. The lowest BCUT2D eigenvalue weighted by molar-refractivity contribution is -0.645. The van der Waals surface area contributed by atoms with E-state index in [2.05, 4.69) is 0 Å². The van der Waals surface area contributed by atoms with E-state index in [1.807, 2.05) is 23.9 Å². The SMILES string of the molecule is C[n+]1cccc2c([N+](=O)[O-])cccc21. The Balaban J connectivity index is 2.88. The molecular formula is C10H9N2O2+. The number of nitro groups is 1. The van der Waals surface area contributed by atoms with Crippen molar-refractivity contribution in [1.29, 1.82) is 0 Å². The van der Waals surface area contributed by atoms with Gasteiger partial charge >= 0.3 is 0 Å². The van der Waals surface area contributed by atoms with Crippen molar-refractivity contribution in [1.82, 2.24) is 0 Å². The van der Waals surface area contributed by atoms with Crippen molar-refractivity contribution in [2.75, 3.05) is 0 Å². The summed E-state index contributed by atoms with van der Waals surface area (Å²) in [5, 5.41) is 11.4. The van der Waals surface area contributed by atoms with Crippen LogP contribution >= 0.6 is 0 Å². The molecule has 0 amide bonds. The Kier molecular flexibility index (Phi) is 1.89. The van der Waals surface area contributed by atoms with Gasteiger partial charge in [0, 0.05) is 18.2 Å². The lowest BCUT2D eigenvalue weighted by Crippen LogP contribution is -2.27. The Morgan fingerprint density at radius 3 is 2.79 bits per heavy atom. The molecule has 1 aromatic carbocycles. The van der Waals surface area contributed by atoms with Crippen LogP contribution in [0.5, 0.6) is 0 Å². The van der Waals surface area contributed by atoms with Crippen LogP contribution in [0, 0.1) is 10.1 Å². The third-order valence-electron chi connectivity index (χ3n) is 2.21. The summed E-state index contributed by atoms with van der Waals surface area (Å²) < 4.78 is 1.86. The zero-order valence-corrected chi connectivity index (χ0v) is 7.68. The minimum Gasteiger partial charge on any atom is -0.258 e. The van der Waals surface area contributed by atoms with Gasteiger partial charge in [-0.2, -0.15) is 0 Å². The van der Waals surface area contributed by atoms with Crippen LogP contribution in [0.3, 0.4) is 0 Å². The molecule has 4 heteroatoms. The number of nitro benzene ring substituents is 1. The van der Waals surface area contributed by atoms with E-state index in [9.17, 15) is 10.1 Å². The predicted octanol–water partition coefficient (Wildman–Crippen LogP) is 1.57. The van der Waals surface area contributed by atoms with Crippen LogP contribution in [0.15, 0.2) is 36.5 Å². The molecule has 0 atom stereocenters. The zero-order valence-electron chi connectivity index (χ0n) is 7.68. The molecule has 0 fully saturated rings. The molecule has 0 N–H and O–H groups in total. The second kappa shape index (κ2) is 3.06. The first-order chi connectivity index (χ1) is 6.70. The molecule has 1 aromatic heterocycles. The maximum atomic E-state index is 10.7. The topological polar surface area (TPSA) is 47.0 Å². The lowest BCUT2D eigenvalue weighted by atomic mass is 10.2. The quantitative estimate of drug-likeness (QED) is 0.388. The van der Waals surface area contributed by atoms with Crippen LogP contribution in [0.4, 0.5) is 5.69 Å². The summed E-state index contributed by atoms with van der Waals surface area (Å²) in [6, 6.07) is 8.63. The minimum atomic E-state index is -0.359. The summed E-state index contributed by atoms with van der Waals surface area (Å²) in [6.07, 6.45) is 1.87. The molecule has 0 bridgehead atoms. The van der Waals surface area contributed by atoms with Crippen molar-refractivity contribution in [3.8, 4) is 0 Å². The maximum Gasteiger partial charge on any atom is 0.283 e. The summed E-state index contributed by atoms with van der Waals surface area (Å²) in [5.41, 5.74) is 1.01. The standard InChI is InChI=1S/C10H9N2O2/c1-11-7-3-4-8-9(11)5-2-6-10(8)12(13)14/h2-7H,1H3/q+1. The van der Waals surface area contributed by atoms with Gasteiger partial charge in [0.1, 0.15) is 12.4 Å². The molecule has 0 saturated heterocycles. The molecule has 0 aliphatic heterocycles. The second-order valence-electron chi connectivity index (χ2n) is 3.09. The maximum absolute atomic E-state index is 10.7. The molecule has 4 nitrogen and oxygen atoms in total. The monoisotopic (exact) mass is 189 g/mol. The Morgan fingerprint density at radius 2 is 2.07 bits per heavy atom. The number of non-ortho nitro benzene ring substituents is 1. The summed E-state index contributed by atoms with van der Waals surface area (Å²) in [7, 11) is 1.87. The third kappa shape index (κ3) is 1.21. The van der Waals surface area contributed by atoms with Crippen LogP contribution in [0.2, 0.25) is 0 Å². The number of benzene rings is 1. The Labute approximate surface area is 80.6 Å². The Bertz CT molecular complexity index is 508. The largest absolute Gasteiger partial charge is 0.283 e. The van der Waals surface area contributed by atoms with E-state index in [4.69, 9.17) is 0 Å². The van der Waals surface area contributed by atoms with Gasteiger partial charge < -0.3 is 0 Å². The van der Waals surface area contributed by atoms with E-state index in [1.165, 1.54) is 6.07 Å². The van der Waals surface area contributed by atoms with Crippen molar-refractivity contribution in [3.63, 3.8) is 0 Å². The van der Waals surface area contributed by atoms with Gasteiger partial charge in [-0.05, 0) is 12.1 Å². The molecule has 0 unspecified atom stereocenters. The Hall–Kier alpha value is -1.97. The van der Waals surface area contributed by atoms with Gasteiger partial charge in [-0.15, -0.1) is 0 Å². The number of aromatic nitrogens is 1. The molecule has 1 heterocycles. The highest BCUT2D eigenvalue weighted by atomic mass is 16.6. The van der Waals surface area contributed by atoms with Gasteiger partial charge in [-0.25, -0.2) is 4.57 Å². The summed E-state index contributed by atoms with van der Waals surface area (Å²) in [5.74, 6) is 0. The van der Waals surface area contributed by atoms with Crippen LogP contribution in [-0.2, 0) is 7.05 Å². The molecular weight excluding hydrogens is 180 g/mol. The summed E-state index contributed by atoms with van der Waals surface area (Å²) in [6.45, 7) is 0. The predicted molar refractivity (Wildman–Crippen MR) is 51.8 cm³/mol. The average Bonchev–Trinajstić information content (AvgIpc) is 2.17. The number of hydrogen-bond acceptors (Lipinski definition) is 2. The van der Waals surface area contributed by atoms with Crippen LogP contribution < -0.4 is 4.57 Å². The van der Waals surface area contributed by atoms with E-state index in [0.29, 0.717) is 5.39 Å². The van der Waals surface area contributed by atoms with Gasteiger partial charge in [0.25, 0.3) is 5.69 Å². The molecule has 2 rings (SSSR count). The number of pyridine rings is 1. The number of rotatable bonds is 1. The third-order valence-corrected chi connectivity index (χ3v) is 2.21. The van der Waals surface area contributed by atoms with Gasteiger partial charge in [-0.1, -0.05) is 0 Å². The van der Waals surface area contributed by atoms with Gasteiger partial charge in [0.05, 0.1) is 4.92 Å². The molecule has 0 saturated carbocycles. The van der Waals surface area contributed by atoms with Crippen LogP contribution in [-0.4, -0.2) is 4.92 Å². The van der Waals surface area contributed by atoms with Crippen molar-refractivity contribution in [2.24, 2.45) is 7.05 Å². The van der Waals surface area contributed by atoms with E-state index in [0.717, 1.165) is 5.52 Å². The van der Waals surface area contributed by atoms with Crippen molar-refractivity contribution in [2.45, 2.75) is 0 Å². The van der Waals surface area contributed by atoms with E-state index in [-0.39, 0.29) is 10.6 Å². The van der Waals surface area contributed by atoms with Crippen molar-refractivity contribution >= 4 is 16.6 Å². The highest BCUT2D eigenvalue weighted by Gasteiger charge is 2.15. The first-order valence-corrected chi connectivity index (χ1v) is 4.22. The van der Waals surface area contributed by atoms with Crippen LogP contribution in [0.25, 0.3) is 10.9 Å². The smallest absolute Gasteiger partial charge is 0.258 e. The van der Waals surface area contributed by atoms with Crippen molar-refractivity contribution in [3.05, 3.63) is 46.6 Å². The minimum absolute atomic E-state index is 0.152. The highest BCUT2D eigenvalue weighted by Crippen LogP contribution is 2.21. The van der Waals surface area contributed by atoms with E-state index in [1.54, 1.807) is 18.2 Å². The number of nitrogens with zero attached hydrogens (tertiary/aromatic N) is 2. The molecule has 70 valence electrons. The van der Waals surface area contributed by atoms with E-state index >= 15 is 0 Å². The van der Waals surface area contributed by atoms with Crippen molar-refractivity contribution < 1.29 is 9.49 Å². The first-order valence-electron chi connectivity index (χ1n) is 4.22. The molecule has 2 aromatic rings. The fourth-order valence-corrected chi connectivity index (χ4v) is 1.53. The fourth-order valence-electron chi connectivity index (χ4n) is 1.53. The number of hydrogen-bond donors (Lipinski definition) is 0. The number of aryl methyl sites for hydroxylation is 1. The molecule has 14 heavy (non-hydrogen) atoms. The summed E-state index contributed by atoms with van der Waals surface area (Å²) >= 11 is 0. The first kappa shape index (κ1) is 8.62. The highest BCUT2D eigenvalue weighted by molar-refractivity contribution is 5.85. The lowest BCUT2D eigenvalue weighted by Gasteiger charge is -1.96. The average molecular weight is 189 g/mol. The number of fused-ring (bicyclic) bond motifs is 1. The second-order valence-corrected chi connectivity index (χ2v) is 3.09. The fraction of sp³-hybridized carbons (Fsp3) is 0.100. The molecule has 0 spiro atoms. The van der Waals surface area contributed by atoms with Gasteiger partial charge in [0.15, 0.2) is 6.20 Å². The normalized spacial score (nSPS) is 10.4. The Morgan fingerprint density at radius 1 is 1.29 bits per heavy atom. The van der Waals surface area contributed by atoms with E-state index < -0.39 is 0 Å². The molecule has 0 radical (unpaired) electrons. The van der Waals surface area contributed by atoms with Gasteiger partial charge in [0.2, 0.25) is 5.52 Å².